The fraction of sp³-hybridized carbons (Fsp3) is 0.200. The summed E-state index contributed by atoms with van der Waals surface area (Å²) in [5.74, 6) is 9.63. The highest BCUT2D eigenvalue weighted by molar-refractivity contribution is 5.97. The number of anilines is 1. The summed E-state index contributed by atoms with van der Waals surface area (Å²) >= 11 is 0. The smallest absolute Gasteiger partial charge is 0.268 e. The molecular weight excluding hydrogens is 510 g/mol. The van der Waals surface area contributed by atoms with Gasteiger partial charge in [0.2, 0.25) is 5.91 Å². The molecule has 0 radical (unpaired) electrons. The lowest BCUT2D eigenvalue weighted by Gasteiger charge is -2.19. The van der Waals surface area contributed by atoms with Crippen molar-refractivity contribution < 1.29 is 24.7 Å². The summed E-state index contributed by atoms with van der Waals surface area (Å²) in [6.45, 7) is 2.06. The van der Waals surface area contributed by atoms with Crippen LogP contribution in [0.1, 0.15) is 41.4 Å². The van der Waals surface area contributed by atoms with E-state index in [2.05, 4.69) is 44.6 Å². The van der Waals surface area contributed by atoms with E-state index in [4.69, 9.17) is 5.21 Å². The SMILES string of the molecule is C.C[C@@H](O)[C@H](NC(=O)c1ccc(C#CC#Cc2ccc(NC(=O)CNCc3ccncc3)cc2)cc1)C(=O)NO. The molecule has 0 spiro atoms. The molecule has 40 heavy (non-hydrogen) atoms. The van der Waals surface area contributed by atoms with Crippen molar-refractivity contribution in [3.05, 3.63) is 95.3 Å². The van der Waals surface area contributed by atoms with E-state index in [9.17, 15) is 19.5 Å². The number of benzene rings is 2. The Kier molecular flexibility index (Phi) is 12.5. The van der Waals surface area contributed by atoms with Crippen molar-refractivity contribution in [2.24, 2.45) is 0 Å². The standard InChI is InChI=1S/C29H27N5O5.CH4/c1-20(35)27(29(38)34-39)33-28(37)24-10-6-21(7-11-24)4-2-3-5-22-8-12-25(13-9-22)32-26(36)19-31-18-23-14-16-30-17-15-23;/h6-17,20,27,31,35,39H,18-19H2,1H3,(H,32,36)(H,33,37)(H,34,38);1H4/t20-,27+;/m1./s1. The van der Waals surface area contributed by atoms with Gasteiger partial charge in [0.1, 0.15) is 6.04 Å². The lowest BCUT2D eigenvalue weighted by molar-refractivity contribution is -0.133. The van der Waals surface area contributed by atoms with Gasteiger partial charge in [0.25, 0.3) is 11.8 Å². The van der Waals surface area contributed by atoms with Crippen LogP contribution < -0.4 is 21.4 Å². The Balaban J connectivity index is 0.00000560. The average molecular weight is 542 g/mol. The first-order valence-corrected chi connectivity index (χ1v) is 11.9. The van der Waals surface area contributed by atoms with Gasteiger partial charge in [-0.25, -0.2) is 5.48 Å². The van der Waals surface area contributed by atoms with E-state index < -0.39 is 24.0 Å². The molecule has 0 fully saturated rings. The lowest BCUT2D eigenvalue weighted by atomic mass is 10.1. The maximum absolute atomic E-state index is 12.3. The predicted octanol–water partition coefficient (Wildman–Crippen LogP) is 1.83. The van der Waals surface area contributed by atoms with Crippen molar-refractivity contribution in [1.29, 1.82) is 0 Å². The molecule has 1 heterocycles. The van der Waals surface area contributed by atoms with Crippen molar-refractivity contribution in [1.82, 2.24) is 21.1 Å². The summed E-state index contributed by atoms with van der Waals surface area (Å²) in [6, 6.07) is 15.8. The van der Waals surface area contributed by atoms with Gasteiger partial charge in [-0.15, -0.1) is 0 Å². The monoisotopic (exact) mass is 541 g/mol. The van der Waals surface area contributed by atoms with Crippen LogP contribution in [-0.2, 0) is 16.1 Å². The first kappa shape index (κ1) is 31.2. The minimum absolute atomic E-state index is 0. The summed E-state index contributed by atoms with van der Waals surface area (Å²) in [7, 11) is 0. The molecule has 3 rings (SSSR count). The Morgan fingerprint density at radius 1 is 0.900 bits per heavy atom. The Hall–Kier alpha value is -5.00. The van der Waals surface area contributed by atoms with Crippen LogP contribution in [0.25, 0.3) is 0 Å². The van der Waals surface area contributed by atoms with Crippen LogP contribution in [0.15, 0.2) is 73.1 Å². The fourth-order valence-electron chi connectivity index (χ4n) is 3.27. The van der Waals surface area contributed by atoms with Crippen LogP contribution >= 0.6 is 0 Å². The Labute approximate surface area is 233 Å². The van der Waals surface area contributed by atoms with E-state index >= 15 is 0 Å². The van der Waals surface area contributed by atoms with Crippen LogP contribution in [0.5, 0.6) is 0 Å². The molecule has 0 unspecified atom stereocenters. The molecule has 206 valence electrons. The number of hydrogen-bond acceptors (Lipinski definition) is 7. The maximum Gasteiger partial charge on any atom is 0.268 e. The van der Waals surface area contributed by atoms with Gasteiger partial charge in [-0.3, -0.25) is 24.6 Å². The molecule has 0 bridgehead atoms. The molecule has 0 aliphatic rings. The average Bonchev–Trinajstić information content (AvgIpc) is 2.95. The highest BCUT2D eigenvalue weighted by Crippen LogP contribution is 2.09. The number of amides is 3. The quantitative estimate of drug-likeness (QED) is 0.137. The molecule has 10 heteroatoms. The second kappa shape index (κ2) is 16.1. The third-order valence-corrected chi connectivity index (χ3v) is 5.32. The number of carbonyl (C=O) groups is 3. The maximum atomic E-state index is 12.3. The molecule has 3 amide bonds. The normalized spacial score (nSPS) is 11.2. The number of nitrogens with zero attached hydrogens (tertiary/aromatic N) is 1. The number of pyridine rings is 1. The Morgan fingerprint density at radius 3 is 2.02 bits per heavy atom. The largest absolute Gasteiger partial charge is 0.391 e. The van der Waals surface area contributed by atoms with Gasteiger partial charge >= 0.3 is 0 Å². The van der Waals surface area contributed by atoms with Gasteiger partial charge in [-0.05, 0) is 85.0 Å². The van der Waals surface area contributed by atoms with Crippen LogP contribution in [0.2, 0.25) is 0 Å². The minimum atomic E-state index is -1.30. The molecule has 0 aliphatic heterocycles. The number of carbonyl (C=O) groups excluding carboxylic acids is 3. The first-order valence-electron chi connectivity index (χ1n) is 11.9. The van der Waals surface area contributed by atoms with E-state index in [-0.39, 0.29) is 25.4 Å². The molecule has 6 N–H and O–H groups in total. The number of hydrogen-bond donors (Lipinski definition) is 6. The molecule has 2 atom stereocenters. The van der Waals surface area contributed by atoms with E-state index in [0.29, 0.717) is 17.8 Å². The Bertz CT molecular complexity index is 1400. The number of nitrogens with one attached hydrogen (secondary N) is 4. The van der Waals surface area contributed by atoms with Gasteiger partial charge in [0.15, 0.2) is 0 Å². The first-order chi connectivity index (χ1) is 18.9. The van der Waals surface area contributed by atoms with Crippen molar-refractivity contribution in [2.75, 3.05) is 11.9 Å². The minimum Gasteiger partial charge on any atom is -0.391 e. The van der Waals surface area contributed by atoms with Crippen LogP contribution in [0, 0.1) is 23.7 Å². The van der Waals surface area contributed by atoms with E-state index in [1.807, 2.05) is 12.1 Å². The van der Waals surface area contributed by atoms with Crippen molar-refractivity contribution in [3.63, 3.8) is 0 Å². The third kappa shape index (κ3) is 10.0. The third-order valence-electron chi connectivity index (χ3n) is 5.32. The molecule has 0 saturated heterocycles. The molecule has 0 aliphatic carbocycles. The van der Waals surface area contributed by atoms with Crippen LogP contribution in [-0.4, -0.2) is 51.7 Å². The zero-order valence-electron chi connectivity index (χ0n) is 21.1. The second-order valence-electron chi connectivity index (χ2n) is 8.33. The second-order valence-corrected chi connectivity index (χ2v) is 8.33. The summed E-state index contributed by atoms with van der Waals surface area (Å²) in [5, 5.41) is 26.6. The number of aliphatic hydroxyl groups is 1. The van der Waals surface area contributed by atoms with Crippen molar-refractivity contribution in [2.45, 2.75) is 33.0 Å². The highest BCUT2D eigenvalue weighted by atomic mass is 16.5. The van der Waals surface area contributed by atoms with Gasteiger partial charge in [-0.1, -0.05) is 19.3 Å². The van der Waals surface area contributed by atoms with Crippen molar-refractivity contribution in [3.8, 4) is 23.7 Å². The molecule has 1 aromatic heterocycles. The number of aliphatic hydroxyl groups excluding tert-OH is 1. The highest BCUT2D eigenvalue weighted by Gasteiger charge is 2.25. The van der Waals surface area contributed by atoms with Crippen LogP contribution in [0.3, 0.4) is 0 Å². The van der Waals surface area contributed by atoms with Gasteiger partial charge < -0.3 is 21.1 Å². The van der Waals surface area contributed by atoms with Crippen molar-refractivity contribution >= 4 is 23.4 Å². The molecular formula is C30H31N5O5. The topological polar surface area (TPSA) is 153 Å². The fourth-order valence-corrected chi connectivity index (χ4v) is 3.27. The summed E-state index contributed by atoms with van der Waals surface area (Å²) in [5.41, 5.74) is 4.71. The lowest BCUT2D eigenvalue weighted by Crippen LogP contribution is -2.51. The molecule has 10 nitrogen and oxygen atoms in total. The molecule has 2 aromatic carbocycles. The predicted molar refractivity (Wildman–Crippen MR) is 151 cm³/mol. The van der Waals surface area contributed by atoms with Gasteiger partial charge in [0.05, 0.1) is 12.6 Å². The molecule has 0 saturated carbocycles. The number of aromatic nitrogens is 1. The number of rotatable bonds is 9. The Morgan fingerprint density at radius 2 is 1.48 bits per heavy atom. The summed E-state index contributed by atoms with van der Waals surface area (Å²) in [4.78, 5) is 40.0. The van der Waals surface area contributed by atoms with Gasteiger partial charge in [0, 0.05) is 41.3 Å². The van der Waals surface area contributed by atoms with E-state index in [1.54, 1.807) is 48.8 Å². The van der Waals surface area contributed by atoms with E-state index in [0.717, 1.165) is 11.1 Å². The zero-order valence-corrected chi connectivity index (χ0v) is 21.1. The summed E-state index contributed by atoms with van der Waals surface area (Å²) in [6.07, 6.45) is 2.20. The van der Waals surface area contributed by atoms with Gasteiger partial charge in [-0.2, -0.15) is 0 Å². The summed E-state index contributed by atoms with van der Waals surface area (Å²) < 4.78 is 0. The van der Waals surface area contributed by atoms with Crippen LogP contribution in [0.4, 0.5) is 5.69 Å². The van der Waals surface area contributed by atoms with E-state index in [1.165, 1.54) is 24.5 Å². The molecule has 3 aromatic rings. The number of hydroxylamine groups is 1. The zero-order chi connectivity index (χ0) is 28.0.